The van der Waals surface area contributed by atoms with E-state index in [9.17, 15) is 9.59 Å². The summed E-state index contributed by atoms with van der Waals surface area (Å²) in [6.07, 6.45) is 2.10. The highest BCUT2D eigenvalue weighted by Gasteiger charge is 2.30. The molecule has 1 aliphatic rings. The van der Waals surface area contributed by atoms with Gasteiger partial charge < -0.3 is 4.90 Å². The maximum atomic E-state index is 12.7. The molecule has 0 unspecified atom stereocenters. The van der Waals surface area contributed by atoms with Crippen molar-refractivity contribution in [2.24, 2.45) is 5.41 Å². The smallest absolute Gasteiger partial charge is 0.273 e. The lowest BCUT2D eigenvalue weighted by Gasteiger charge is -2.37. The molecule has 1 aliphatic heterocycles. The van der Waals surface area contributed by atoms with Crippen molar-refractivity contribution in [3.63, 3.8) is 0 Å². The van der Waals surface area contributed by atoms with Crippen LogP contribution in [0.2, 0.25) is 10.0 Å². The van der Waals surface area contributed by atoms with Gasteiger partial charge in [-0.1, -0.05) is 37.0 Å². The molecule has 0 atom stereocenters. The fraction of sp³-hybridized carbons (Fsp3) is 0.389. The maximum absolute atomic E-state index is 12.7. The van der Waals surface area contributed by atoms with Crippen molar-refractivity contribution in [3.05, 3.63) is 44.9 Å². The predicted molar refractivity (Wildman–Crippen MR) is 105 cm³/mol. The summed E-state index contributed by atoms with van der Waals surface area (Å²) >= 11 is 13.0. The van der Waals surface area contributed by atoms with Crippen molar-refractivity contribution in [2.75, 3.05) is 18.4 Å². The van der Waals surface area contributed by atoms with Gasteiger partial charge >= 0.3 is 0 Å². The summed E-state index contributed by atoms with van der Waals surface area (Å²) < 4.78 is 0. The number of benzene rings is 1. The Morgan fingerprint density at radius 3 is 2.73 bits per heavy atom. The Labute approximate surface area is 166 Å². The summed E-state index contributed by atoms with van der Waals surface area (Å²) in [6, 6.07) is 4.64. The minimum absolute atomic E-state index is 0.0935. The lowest BCUT2D eigenvalue weighted by Crippen LogP contribution is -2.43. The number of hydrogen-bond acceptors (Lipinski definition) is 4. The number of piperidine rings is 1. The third kappa shape index (κ3) is 4.37. The van der Waals surface area contributed by atoms with Gasteiger partial charge in [-0.25, -0.2) is 4.98 Å². The van der Waals surface area contributed by atoms with Crippen LogP contribution in [0.5, 0.6) is 0 Å². The first-order valence-electron chi connectivity index (χ1n) is 8.26. The number of likely N-dealkylation sites (tertiary alicyclic amines) is 1. The van der Waals surface area contributed by atoms with E-state index in [4.69, 9.17) is 23.2 Å². The second-order valence-electron chi connectivity index (χ2n) is 7.12. The number of aromatic nitrogens is 1. The lowest BCUT2D eigenvalue weighted by atomic mass is 9.84. The zero-order valence-corrected chi connectivity index (χ0v) is 16.8. The van der Waals surface area contributed by atoms with Crippen molar-refractivity contribution in [1.29, 1.82) is 0 Å². The fourth-order valence-corrected chi connectivity index (χ4v) is 3.97. The van der Waals surface area contributed by atoms with Gasteiger partial charge in [0.15, 0.2) is 5.13 Å². The Hall–Kier alpha value is -1.63. The zero-order valence-electron chi connectivity index (χ0n) is 14.5. The van der Waals surface area contributed by atoms with Crippen molar-refractivity contribution in [2.45, 2.75) is 26.7 Å². The van der Waals surface area contributed by atoms with E-state index < -0.39 is 0 Å². The molecule has 1 aromatic carbocycles. The molecule has 3 rings (SSSR count). The summed E-state index contributed by atoms with van der Waals surface area (Å²) in [4.78, 5) is 31.1. The van der Waals surface area contributed by atoms with Crippen LogP contribution in [0.15, 0.2) is 23.6 Å². The molecular weight excluding hydrogens is 393 g/mol. The molecule has 1 aromatic heterocycles. The fourth-order valence-electron chi connectivity index (χ4n) is 2.99. The van der Waals surface area contributed by atoms with Crippen molar-refractivity contribution < 1.29 is 9.59 Å². The number of hydrogen-bond donors (Lipinski definition) is 1. The Kier molecular flexibility index (Phi) is 5.55. The van der Waals surface area contributed by atoms with Crippen LogP contribution in [-0.2, 0) is 0 Å². The van der Waals surface area contributed by atoms with Crippen LogP contribution < -0.4 is 5.32 Å². The first-order chi connectivity index (χ1) is 12.2. The largest absolute Gasteiger partial charge is 0.337 e. The number of carbonyl (C=O) groups is 2. The summed E-state index contributed by atoms with van der Waals surface area (Å²) in [5.74, 6) is -0.444. The zero-order chi connectivity index (χ0) is 18.9. The van der Waals surface area contributed by atoms with E-state index in [0.29, 0.717) is 33.0 Å². The van der Waals surface area contributed by atoms with E-state index in [1.54, 1.807) is 17.5 Å². The Balaban J connectivity index is 1.68. The van der Waals surface area contributed by atoms with E-state index in [0.717, 1.165) is 19.4 Å². The quantitative estimate of drug-likeness (QED) is 0.775. The van der Waals surface area contributed by atoms with Gasteiger partial charge in [0.05, 0.1) is 10.0 Å². The summed E-state index contributed by atoms with van der Waals surface area (Å²) in [5, 5.41) is 5.44. The van der Waals surface area contributed by atoms with Crippen LogP contribution >= 0.6 is 34.5 Å². The van der Waals surface area contributed by atoms with Gasteiger partial charge in [0, 0.05) is 24.0 Å². The molecule has 2 heterocycles. The second kappa shape index (κ2) is 7.55. The van der Waals surface area contributed by atoms with Crippen molar-refractivity contribution >= 4 is 51.5 Å². The van der Waals surface area contributed by atoms with E-state index in [-0.39, 0.29) is 17.2 Å². The lowest BCUT2D eigenvalue weighted by molar-refractivity contribution is 0.0578. The minimum Gasteiger partial charge on any atom is -0.337 e. The van der Waals surface area contributed by atoms with Gasteiger partial charge in [0.2, 0.25) is 0 Å². The molecule has 2 aromatic rings. The number of thiazole rings is 1. The molecule has 2 amide bonds. The molecule has 0 radical (unpaired) electrons. The number of amides is 2. The molecule has 1 fully saturated rings. The molecule has 0 saturated carbocycles. The van der Waals surface area contributed by atoms with Gasteiger partial charge in [-0.15, -0.1) is 11.3 Å². The normalized spacial score (nSPS) is 16.4. The highest BCUT2D eigenvalue weighted by Crippen LogP contribution is 2.30. The number of nitrogens with one attached hydrogen (secondary N) is 1. The maximum Gasteiger partial charge on any atom is 0.273 e. The molecule has 26 heavy (non-hydrogen) atoms. The average molecular weight is 412 g/mol. The van der Waals surface area contributed by atoms with Gasteiger partial charge in [-0.3, -0.25) is 14.9 Å². The molecule has 8 heteroatoms. The highest BCUT2D eigenvalue weighted by molar-refractivity contribution is 7.14. The molecule has 5 nitrogen and oxygen atoms in total. The van der Waals surface area contributed by atoms with Gasteiger partial charge in [-0.05, 0) is 36.5 Å². The number of anilines is 1. The summed E-state index contributed by atoms with van der Waals surface area (Å²) in [5.41, 5.74) is 0.854. The molecule has 0 aliphatic carbocycles. The monoisotopic (exact) mass is 411 g/mol. The topological polar surface area (TPSA) is 62.3 Å². The standard InChI is InChI=1S/C18H19Cl2N3O2S/c1-18(2)6-3-7-23(10-18)16(25)14-9-26-17(21-14)22-15(24)11-4-5-12(19)13(20)8-11/h4-5,8-9H,3,6-7,10H2,1-2H3,(H,21,22,24). The Morgan fingerprint density at radius 1 is 1.27 bits per heavy atom. The number of halogens is 2. The van der Waals surface area contributed by atoms with E-state index in [1.165, 1.54) is 17.4 Å². The Bertz CT molecular complexity index is 851. The number of nitrogens with zero attached hydrogens (tertiary/aromatic N) is 2. The van der Waals surface area contributed by atoms with Crippen LogP contribution in [0.3, 0.4) is 0 Å². The van der Waals surface area contributed by atoms with Crippen LogP contribution in [0.4, 0.5) is 5.13 Å². The van der Waals surface area contributed by atoms with Gasteiger partial charge in [0.1, 0.15) is 5.69 Å². The Morgan fingerprint density at radius 2 is 2.04 bits per heavy atom. The number of rotatable bonds is 3. The van der Waals surface area contributed by atoms with Crippen LogP contribution in [0.25, 0.3) is 0 Å². The molecule has 0 spiro atoms. The first-order valence-corrected chi connectivity index (χ1v) is 9.90. The average Bonchev–Trinajstić information content (AvgIpc) is 3.04. The van der Waals surface area contributed by atoms with Crippen LogP contribution in [0, 0.1) is 5.41 Å². The van der Waals surface area contributed by atoms with Crippen LogP contribution in [0.1, 0.15) is 47.5 Å². The van der Waals surface area contributed by atoms with Crippen LogP contribution in [-0.4, -0.2) is 34.8 Å². The van der Waals surface area contributed by atoms with Crippen molar-refractivity contribution in [3.8, 4) is 0 Å². The molecular formula is C18H19Cl2N3O2S. The van der Waals surface area contributed by atoms with Crippen molar-refractivity contribution in [1.82, 2.24) is 9.88 Å². The SMILES string of the molecule is CC1(C)CCCN(C(=O)c2csc(NC(=O)c3ccc(Cl)c(Cl)c3)n2)C1. The minimum atomic E-state index is -0.351. The van der Waals surface area contributed by atoms with Gasteiger partial charge in [-0.2, -0.15) is 0 Å². The third-order valence-electron chi connectivity index (χ3n) is 4.31. The molecule has 0 bridgehead atoms. The molecule has 138 valence electrons. The van der Waals surface area contributed by atoms with E-state index in [1.807, 2.05) is 4.90 Å². The summed E-state index contributed by atoms with van der Waals surface area (Å²) in [7, 11) is 0. The first kappa shape index (κ1) is 19.1. The number of carbonyl (C=O) groups excluding carboxylic acids is 2. The van der Waals surface area contributed by atoms with Gasteiger partial charge in [0.25, 0.3) is 11.8 Å². The van der Waals surface area contributed by atoms with E-state index in [2.05, 4.69) is 24.1 Å². The second-order valence-corrected chi connectivity index (χ2v) is 8.79. The molecule has 1 saturated heterocycles. The molecule has 1 N–H and O–H groups in total. The highest BCUT2D eigenvalue weighted by atomic mass is 35.5. The third-order valence-corrected chi connectivity index (χ3v) is 5.81. The van der Waals surface area contributed by atoms with E-state index >= 15 is 0 Å². The predicted octanol–water partition coefficient (Wildman–Crippen LogP) is 4.96. The summed E-state index contributed by atoms with van der Waals surface area (Å²) in [6.45, 7) is 5.78.